The molecule has 0 saturated carbocycles. The van der Waals surface area contributed by atoms with Crippen molar-refractivity contribution in [2.75, 3.05) is 65.0 Å². The molecule has 3 heterocycles. The summed E-state index contributed by atoms with van der Waals surface area (Å²) in [6.45, 7) is 10.1. The van der Waals surface area contributed by atoms with Crippen molar-refractivity contribution < 1.29 is 9.47 Å². The molecule has 4 rings (SSSR count). The summed E-state index contributed by atoms with van der Waals surface area (Å²) in [6, 6.07) is 7.58. The normalized spacial score (nSPS) is 15.7. The third-order valence-electron chi connectivity index (χ3n) is 6.13. The van der Waals surface area contributed by atoms with Crippen molar-refractivity contribution in [1.29, 1.82) is 0 Å². The average Bonchev–Trinajstić information content (AvgIpc) is 3.29. The summed E-state index contributed by atoms with van der Waals surface area (Å²) in [4.78, 5) is 19.7. The van der Waals surface area contributed by atoms with Gasteiger partial charge in [-0.05, 0) is 38.6 Å². The highest BCUT2D eigenvalue weighted by Gasteiger charge is 2.21. The van der Waals surface area contributed by atoms with Crippen LogP contribution in [0.1, 0.15) is 29.7 Å². The first-order valence-electron chi connectivity index (χ1n) is 12.1. The number of thioether (sulfide) groups is 1. The number of nitrogens with zero attached hydrogens (tertiary/aromatic N) is 5. The predicted molar refractivity (Wildman–Crippen MR) is 148 cm³/mol. The van der Waals surface area contributed by atoms with E-state index >= 15 is 0 Å². The summed E-state index contributed by atoms with van der Waals surface area (Å²) in [5.41, 5.74) is 13.7. The molecular weight excluding hydrogens is 494 g/mol. The van der Waals surface area contributed by atoms with E-state index in [9.17, 15) is 0 Å². The summed E-state index contributed by atoms with van der Waals surface area (Å²) in [6.07, 6.45) is 0.891. The van der Waals surface area contributed by atoms with Crippen LogP contribution in [0.2, 0.25) is 0 Å². The third kappa shape index (κ3) is 6.58. The molecule has 0 aliphatic carbocycles. The van der Waals surface area contributed by atoms with Gasteiger partial charge in [-0.3, -0.25) is 4.90 Å². The smallest absolute Gasteiger partial charge is 0.192 e. The van der Waals surface area contributed by atoms with E-state index < -0.39 is 0 Å². The lowest BCUT2D eigenvalue weighted by Crippen LogP contribution is -2.45. The molecule has 3 aromatic rings. The van der Waals surface area contributed by atoms with Crippen LogP contribution in [0.25, 0.3) is 10.6 Å². The van der Waals surface area contributed by atoms with Gasteiger partial charge in [-0.1, -0.05) is 18.7 Å². The molecule has 1 aromatic carbocycles. The highest BCUT2D eigenvalue weighted by molar-refractivity contribution is 7.99. The highest BCUT2D eigenvalue weighted by atomic mass is 32.2. The van der Waals surface area contributed by atoms with Gasteiger partial charge in [0, 0.05) is 49.2 Å². The Hall–Kier alpha value is -2.60. The molecule has 1 atom stereocenters. The van der Waals surface area contributed by atoms with Crippen LogP contribution in [-0.4, -0.2) is 78.2 Å². The van der Waals surface area contributed by atoms with Crippen molar-refractivity contribution in [2.24, 2.45) is 0 Å². The molecule has 36 heavy (non-hydrogen) atoms. The van der Waals surface area contributed by atoms with Gasteiger partial charge in [-0.25, -0.2) is 15.0 Å². The maximum absolute atomic E-state index is 6.18. The summed E-state index contributed by atoms with van der Waals surface area (Å²) in [5, 5.41) is 1.55. The van der Waals surface area contributed by atoms with Gasteiger partial charge >= 0.3 is 0 Å². The minimum atomic E-state index is 0.0451. The second kappa shape index (κ2) is 12.1. The van der Waals surface area contributed by atoms with E-state index in [4.69, 9.17) is 25.9 Å². The fraction of sp³-hybridized carbons (Fsp3) is 0.480. The topological polar surface area (TPSA) is 116 Å². The van der Waals surface area contributed by atoms with Crippen LogP contribution >= 0.6 is 23.1 Å². The Morgan fingerprint density at radius 1 is 1.06 bits per heavy atom. The van der Waals surface area contributed by atoms with Crippen molar-refractivity contribution in [1.82, 2.24) is 24.8 Å². The number of rotatable bonds is 10. The number of likely N-dealkylation sites (N-methyl/N-ethyl adjacent to an activating group) is 1. The van der Waals surface area contributed by atoms with Crippen molar-refractivity contribution in [3.05, 3.63) is 34.8 Å². The number of benzene rings is 1. The monoisotopic (exact) mass is 529 g/mol. The Balaban J connectivity index is 1.49. The minimum absolute atomic E-state index is 0.0451. The summed E-state index contributed by atoms with van der Waals surface area (Å²) in [7, 11) is 3.84. The van der Waals surface area contributed by atoms with Gasteiger partial charge in [0.1, 0.15) is 23.3 Å². The lowest BCUT2D eigenvalue weighted by molar-refractivity contribution is 0.133. The van der Waals surface area contributed by atoms with Crippen LogP contribution in [0, 0.1) is 0 Å². The van der Waals surface area contributed by atoms with Crippen molar-refractivity contribution in [3.63, 3.8) is 0 Å². The van der Waals surface area contributed by atoms with Crippen LogP contribution in [0.3, 0.4) is 0 Å². The predicted octanol–water partition coefficient (Wildman–Crippen LogP) is 3.82. The molecule has 11 heteroatoms. The van der Waals surface area contributed by atoms with Gasteiger partial charge in [-0.15, -0.1) is 11.3 Å². The number of hydrogen-bond acceptors (Lipinski definition) is 11. The van der Waals surface area contributed by atoms with Crippen molar-refractivity contribution in [2.45, 2.75) is 30.7 Å². The number of thiazole rings is 1. The van der Waals surface area contributed by atoms with Gasteiger partial charge in [0.25, 0.3) is 0 Å². The van der Waals surface area contributed by atoms with Gasteiger partial charge in [0.15, 0.2) is 16.7 Å². The Morgan fingerprint density at radius 2 is 1.78 bits per heavy atom. The number of ether oxygens (including phenoxy) is 2. The Morgan fingerprint density at radius 3 is 2.44 bits per heavy atom. The van der Waals surface area contributed by atoms with E-state index in [2.05, 4.69) is 40.7 Å². The van der Waals surface area contributed by atoms with Gasteiger partial charge < -0.3 is 25.8 Å². The maximum Gasteiger partial charge on any atom is 0.192 e. The molecule has 0 amide bonds. The number of piperazine rings is 1. The molecule has 0 bridgehead atoms. The van der Waals surface area contributed by atoms with Crippen molar-refractivity contribution in [3.8, 4) is 22.1 Å². The molecule has 1 aliphatic rings. The Labute approximate surface area is 221 Å². The molecule has 4 N–H and O–H groups in total. The molecule has 1 aliphatic heterocycles. The molecule has 0 unspecified atom stereocenters. The maximum atomic E-state index is 6.18. The highest BCUT2D eigenvalue weighted by Crippen LogP contribution is 2.41. The zero-order valence-electron chi connectivity index (χ0n) is 21.4. The molecule has 1 saturated heterocycles. The zero-order chi connectivity index (χ0) is 25.7. The molecule has 1 fully saturated rings. The van der Waals surface area contributed by atoms with Crippen LogP contribution < -0.4 is 20.9 Å². The van der Waals surface area contributed by atoms with E-state index in [0.29, 0.717) is 23.4 Å². The van der Waals surface area contributed by atoms with Gasteiger partial charge in [0.05, 0.1) is 18.1 Å². The van der Waals surface area contributed by atoms with Crippen LogP contribution in [-0.2, 0) is 6.42 Å². The van der Waals surface area contributed by atoms with E-state index in [1.54, 1.807) is 24.5 Å². The summed E-state index contributed by atoms with van der Waals surface area (Å²) < 4.78 is 11.8. The fourth-order valence-electron chi connectivity index (χ4n) is 4.07. The average molecular weight is 530 g/mol. The summed E-state index contributed by atoms with van der Waals surface area (Å²) >= 11 is 3.21. The summed E-state index contributed by atoms with van der Waals surface area (Å²) in [5.74, 6) is 2.20. The third-order valence-corrected chi connectivity index (χ3v) is 8.37. The number of nitrogen functional groups attached to an aromatic ring is 2. The molecule has 2 aromatic heterocycles. The van der Waals surface area contributed by atoms with E-state index in [-0.39, 0.29) is 5.25 Å². The molecule has 0 spiro atoms. The van der Waals surface area contributed by atoms with E-state index in [0.717, 1.165) is 66.9 Å². The number of anilines is 2. The van der Waals surface area contributed by atoms with Gasteiger partial charge in [-0.2, -0.15) is 0 Å². The molecular formula is C25H35N7O2S2. The molecule has 9 nitrogen and oxygen atoms in total. The van der Waals surface area contributed by atoms with E-state index in [1.165, 1.54) is 16.6 Å². The first kappa shape index (κ1) is 26.5. The zero-order valence-corrected chi connectivity index (χ0v) is 23.0. The number of aryl methyl sites for hydroxylation is 1. The van der Waals surface area contributed by atoms with Crippen molar-refractivity contribution >= 4 is 34.7 Å². The lowest BCUT2D eigenvalue weighted by atomic mass is 10.2. The largest absolute Gasteiger partial charge is 0.493 e. The number of aromatic nitrogens is 3. The standard InChI is InChI=1S/C25H35N7O2S2/c1-5-20-23(16(2)35-25-28-21(26)15-22(27)29-25)30-24(36-20)17-6-7-18(33-4)19(14-17)34-13-12-32-10-8-31(3)9-11-32/h6-7,14-16H,5,8-13H2,1-4H3,(H4,26,27,28,29)/t16-/m0/s1. The van der Waals surface area contributed by atoms with Crippen LogP contribution in [0.5, 0.6) is 11.5 Å². The quantitative estimate of drug-likeness (QED) is 0.297. The molecule has 0 radical (unpaired) electrons. The fourth-order valence-corrected chi connectivity index (χ4v) is 6.17. The van der Waals surface area contributed by atoms with E-state index in [1.807, 2.05) is 18.2 Å². The van der Waals surface area contributed by atoms with Crippen LogP contribution in [0.4, 0.5) is 11.6 Å². The second-order valence-corrected chi connectivity index (χ2v) is 11.2. The lowest BCUT2D eigenvalue weighted by Gasteiger charge is -2.32. The Kier molecular flexibility index (Phi) is 8.89. The van der Waals surface area contributed by atoms with Crippen LogP contribution in [0.15, 0.2) is 29.4 Å². The van der Waals surface area contributed by atoms with Gasteiger partial charge in [0.2, 0.25) is 0 Å². The Bertz CT molecular complexity index is 1150. The second-order valence-electron chi connectivity index (χ2n) is 8.80. The number of hydrogen-bond donors (Lipinski definition) is 2. The number of nitrogens with two attached hydrogens (primary N) is 2. The first-order valence-corrected chi connectivity index (χ1v) is 13.8. The minimum Gasteiger partial charge on any atom is -0.493 e. The SMILES string of the molecule is CCc1sc(-c2ccc(OC)c(OCCN3CCN(C)CC3)c2)nc1[C@H](C)Sc1nc(N)cc(N)n1. The molecule has 194 valence electrons. The number of methoxy groups -OCH3 is 1. The first-order chi connectivity index (χ1) is 17.4.